The van der Waals surface area contributed by atoms with Gasteiger partial charge in [-0.3, -0.25) is 14.6 Å². The molecule has 56 heavy (non-hydrogen) atoms. The van der Waals surface area contributed by atoms with Crippen molar-refractivity contribution in [2.45, 2.75) is 104 Å². The zero-order valence-electron chi connectivity index (χ0n) is 33.1. The maximum absolute atomic E-state index is 12.8. The molecule has 3 heterocycles. The molecule has 2 aliphatic heterocycles. The summed E-state index contributed by atoms with van der Waals surface area (Å²) in [6.07, 6.45) is 0.410. The summed E-state index contributed by atoms with van der Waals surface area (Å²) in [6.45, 7) is 15.0. The van der Waals surface area contributed by atoms with Crippen LogP contribution in [-0.4, -0.2) is 105 Å². The molecule has 0 saturated carbocycles. The van der Waals surface area contributed by atoms with Gasteiger partial charge in [-0.05, 0) is 104 Å². The highest BCUT2D eigenvalue weighted by Crippen LogP contribution is 2.28. The second kappa shape index (κ2) is 21.0. The number of Topliss-reactive ketones (excluding diaryl/α,β-unsaturated/α-hetero) is 1. The van der Waals surface area contributed by atoms with E-state index in [9.17, 15) is 19.2 Å². The molecule has 2 amide bonds. The SMILES string of the molecule is CC(=O)CCl.CC(C)(C)OC(=O)N1C[C@H](C(=O)O)OC[C@@H]1Cc1ccc(Cl)cc1.Cc1coc([C@H]2CN(C(=O)OC(C)(C)C)[C@@H](Cc3ccc(Cl)cc3)CO2)n1. The van der Waals surface area contributed by atoms with Gasteiger partial charge in [0, 0.05) is 10.0 Å². The number of carboxylic acids is 1. The highest BCUT2D eigenvalue weighted by Gasteiger charge is 2.39. The van der Waals surface area contributed by atoms with E-state index in [4.69, 9.17) is 63.3 Å². The fraction of sp³-hybridized carbons (Fsp3) is 0.525. The standard InChI is InChI=1S/C20H25ClN2O4.C17H22ClNO5.C3H5ClO/c1-13-11-26-18(22-13)17-10-23(19(24)27-20(2,3)4)16(12-25-17)9-14-5-7-15(21)8-6-14;1-17(2,3)24-16(22)19-9-14(15(20)21)23-10-13(19)8-11-4-6-12(18)7-5-11;1-3(5)2-4/h5-8,11,16-17H,9-10,12H2,1-4H3;4-7,13-14H,8-10H2,1-3H3,(H,20,21);2H2,1H3/t16-,17+;13-,14+;/m00./s1. The third-order valence-corrected chi connectivity index (χ3v) is 8.87. The number of halogens is 3. The van der Waals surface area contributed by atoms with Gasteiger partial charge in [-0.15, -0.1) is 11.6 Å². The number of nitrogens with zero attached hydrogens (tertiary/aromatic N) is 3. The van der Waals surface area contributed by atoms with Gasteiger partial charge in [-0.2, -0.15) is 0 Å². The van der Waals surface area contributed by atoms with E-state index >= 15 is 0 Å². The molecule has 1 N–H and O–H groups in total. The molecule has 0 bridgehead atoms. The van der Waals surface area contributed by atoms with Crippen molar-refractivity contribution in [2.24, 2.45) is 0 Å². The number of benzene rings is 2. The summed E-state index contributed by atoms with van der Waals surface area (Å²) in [5.74, 6) is -0.453. The van der Waals surface area contributed by atoms with Crippen molar-refractivity contribution in [3.63, 3.8) is 0 Å². The Morgan fingerprint density at radius 1 is 0.786 bits per heavy atom. The number of ketones is 1. The Balaban J connectivity index is 0.000000270. The molecule has 0 radical (unpaired) electrons. The van der Waals surface area contributed by atoms with Crippen LogP contribution in [0.4, 0.5) is 9.59 Å². The summed E-state index contributed by atoms with van der Waals surface area (Å²) >= 11 is 16.8. The molecule has 2 saturated heterocycles. The molecular weight excluding hydrogens is 789 g/mol. The summed E-state index contributed by atoms with van der Waals surface area (Å²) in [5, 5.41) is 10.5. The van der Waals surface area contributed by atoms with Crippen LogP contribution >= 0.6 is 34.8 Å². The second-order valence-corrected chi connectivity index (χ2v) is 16.5. The maximum Gasteiger partial charge on any atom is 0.410 e. The lowest BCUT2D eigenvalue weighted by Crippen LogP contribution is -2.56. The molecule has 2 aromatic carbocycles. The number of aromatic nitrogens is 1. The number of morpholine rings is 2. The number of aliphatic carboxylic acids is 1. The van der Waals surface area contributed by atoms with Crippen LogP contribution in [0.15, 0.2) is 59.2 Å². The number of rotatable bonds is 7. The fourth-order valence-corrected chi connectivity index (χ4v) is 5.68. The van der Waals surface area contributed by atoms with Gasteiger partial charge >= 0.3 is 18.2 Å². The molecule has 5 rings (SSSR count). The summed E-state index contributed by atoms with van der Waals surface area (Å²) in [6, 6.07) is 14.5. The van der Waals surface area contributed by atoms with Gasteiger partial charge in [0.25, 0.3) is 0 Å². The van der Waals surface area contributed by atoms with E-state index in [0.717, 1.165) is 16.8 Å². The number of aryl methyl sites for hydroxylation is 1. The highest BCUT2D eigenvalue weighted by molar-refractivity contribution is 6.30. The van der Waals surface area contributed by atoms with E-state index in [1.54, 1.807) is 44.1 Å². The molecule has 0 aliphatic carbocycles. The van der Waals surface area contributed by atoms with Gasteiger partial charge in [0.05, 0.1) is 50.0 Å². The summed E-state index contributed by atoms with van der Waals surface area (Å²) in [5.41, 5.74) is 1.61. The van der Waals surface area contributed by atoms with Crippen LogP contribution in [0.5, 0.6) is 0 Å². The van der Waals surface area contributed by atoms with Crippen molar-refractivity contribution in [3.05, 3.63) is 87.6 Å². The lowest BCUT2D eigenvalue weighted by atomic mass is 10.0. The third-order valence-electron chi connectivity index (χ3n) is 7.99. The van der Waals surface area contributed by atoms with Gasteiger partial charge < -0.3 is 28.5 Å². The molecule has 308 valence electrons. The maximum atomic E-state index is 12.8. The van der Waals surface area contributed by atoms with Crippen molar-refractivity contribution >= 4 is 58.7 Å². The number of alkyl halides is 1. The minimum absolute atomic E-state index is 0.0201. The number of hydrogen-bond donors (Lipinski definition) is 1. The van der Waals surface area contributed by atoms with E-state index in [1.807, 2.05) is 64.1 Å². The average molecular weight is 841 g/mol. The van der Waals surface area contributed by atoms with E-state index in [1.165, 1.54) is 11.8 Å². The van der Waals surface area contributed by atoms with E-state index in [-0.39, 0.29) is 43.0 Å². The first kappa shape index (κ1) is 46.5. The molecule has 16 heteroatoms. The zero-order chi connectivity index (χ0) is 41.8. The minimum atomic E-state index is -1.09. The summed E-state index contributed by atoms with van der Waals surface area (Å²) in [7, 11) is 0. The quantitative estimate of drug-likeness (QED) is 0.228. The Morgan fingerprint density at radius 3 is 1.59 bits per heavy atom. The van der Waals surface area contributed by atoms with Gasteiger partial charge in [-0.25, -0.2) is 19.4 Å². The molecule has 2 aliphatic rings. The number of carbonyl (C=O) groups is 4. The molecule has 4 atom stereocenters. The largest absolute Gasteiger partial charge is 0.479 e. The Kier molecular flexibility index (Phi) is 17.5. The molecule has 0 spiro atoms. The van der Waals surface area contributed by atoms with Crippen molar-refractivity contribution in [1.29, 1.82) is 0 Å². The van der Waals surface area contributed by atoms with Crippen molar-refractivity contribution in [2.75, 3.05) is 32.2 Å². The van der Waals surface area contributed by atoms with Crippen LogP contribution < -0.4 is 0 Å². The van der Waals surface area contributed by atoms with E-state index in [2.05, 4.69) is 4.98 Å². The number of amides is 2. The lowest BCUT2D eigenvalue weighted by Gasteiger charge is -2.39. The molecule has 1 aromatic heterocycles. The van der Waals surface area contributed by atoms with Crippen molar-refractivity contribution < 1.29 is 47.6 Å². The Labute approximate surface area is 343 Å². The smallest absolute Gasteiger partial charge is 0.410 e. The topological polar surface area (TPSA) is 158 Å². The summed E-state index contributed by atoms with van der Waals surface area (Å²) in [4.78, 5) is 53.7. The second-order valence-electron chi connectivity index (χ2n) is 15.4. The van der Waals surface area contributed by atoms with Crippen molar-refractivity contribution in [3.8, 4) is 0 Å². The number of carbonyl (C=O) groups excluding carboxylic acids is 3. The molecule has 2 fully saturated rings. The highest BCUT2D eigenvalue weighted by atomic mass is 35.5. The first-order valence-corrected chi connectivity index (χ1v) is 19.3. The Bertz CT molecular complexity index is 1740. The minimum Gasteiger partial charge on any atom is -0.479 e. The first-order chi connectivity index (χ1) is 26.1. The lowest BCUT2D eigenvalue weighted by molar-refractivity contribution is -0.158. The third kappa shape index (κ3) is 15.9. The monoisotopic (exact) mass is 839 g/mol. The van der Waals surface area contributed by atoms with Gasteiger partial charge in [0.1, 0.15) is 23.2 Å². The molecular formula is C40H52Cl3N3O10. The Hall–Kier alpha value is -3.88. The number of hydrogen-bond acceptors (Lipinski definition) is 10. The van der Waals surface area contributed by atoms with Crippen LogP contribution in [0.3, 0.4) is 0 Å². The number of carboxylic acid groups (broad SMARTS) is 1. The van der Waals surface area contributed by atoms with Crippen molar-refractivity contribution in [1.82, 2.24) is 14.8 Å². The van der Waals surface area contributed by atoms with E-state index in [0.29, 0.717) is 41.9 Å². The fourth-order valence-electron chi connectivity index (χ4n) is 5.43. The Morgan fingerprint density at radius 2 is 1.21 bits per heavy atom. The first-order valence-electron chi connectivity index (χ1n) is 18.1. The van der Waals surface area contributed by atoms with Gasteiger partial charge in [0.2, 0.25) is 5.89 Å². The number of oxazole rings is 1. The van der Waals surface area contributed by atoms with Crippen LogP contribution in [0.25, 0.3) is 0 Å². The zero-order valence-corrected chi connectivity index (χ0v) is 35.3. The van der Waals surface area contributed by atoms with Crippen LogP contribution in [0.2, 0.25) is 10.0 Å². The van der Waals surface area contributed by atoms with Gasteiger partial charge in [-0.1, -0.05) is 47.5 Å². The van der Waals surface area contributed by atoms with E-state index < -0.39 is 35.5 Å². The predicted molar refractivity (Wildman–Crippen MR) is 212 cm³/mol. The van der Waals surface area contributed by atoms with Crippen LogP contribution in [0, 0.1) is 6.92 Å². The average Bonchev–Trinajstić information content (AvgIpc) is 3.55. The van der Waals surface area contributed by atoms with Crippen LogP contribution in [0.1, 0.15) is 77.3 Å². The normalized spacial score (nSPS) is 19.8. The predicted octanol–water partition coefficient (Wildman–Crippen LogP) is 8.34. The summed E-state index contributed by atoms with van der Waals surface area (Å²) < 4.78 is 27.8. The van der Waals surface area contributed by atoms with Gasteiger partial charge in [0.15, 0.2) is 12.2 Å². The molecule has 0 unspecified atom stereocenters. The van der Waals surface area contributed by atoms with Crippen LogP contribution in [-0.2, 0) is 41.4 Å². The molecule has 13 nitrogen and oxygen atoms in total. The number of ether oxygens (including phenoxy) is 4. The molecule has 3 aromatic rings.